The lowest BCUT2D eigenvalue weighted by molar-refractivity contribution is 0.281. The van der Waals surface area contributed by atoms with Crippen molar-refractivity contribution in [2.24, 2.45) is 0 Å². The van der Waals surface area contributed by atoms with Gasteiger partial charge in [-0.2, -0.15) is 0 Å². The van der Waals surface area contributed by atoms with Crippen molar-refractivity contribution in [3.05, 3.63) is 47.5 Å². The molecule has 2 aromatic heterocycles. The Morgan fingerprint density at radius 2 is 2.05 bits per heavy atom. The zero-order chi connectivity index (χ0) is 14.8. The molecule has 0 aromatic carbocycles. The third kappa shape index (κ3) is 3.39. The fraction of sp³-hybridized carbons (Fsp3) is 0.438. The maximum absolute atomic E-state index is 9.43. The Balaban J connectivity index is 2.30. The van der Waals surface area contributed by atoms with Gasteiger partial charge in [0.25, 0.3) is 0 Å². The molecule has 108 valence electrons. The lowest BCUT2D eigenvalue weighted by Crippen LogP contribution is -2.21. The maximum atomic E-state index is 9.43. The van der Waals surface area contributed by atoms with Gasteiger partial charge >= 0.3 is 0 Å². The average molecular weight is 274 g/mol. The molecule has 0 aliphatic rings. The van der Waals surface area contributed by atoms with Crippen molar-refractivity contribution in [3.8, 4) is 0 Å². The monoisotopic (exact) mass is 274 g/mol. The molecule has 2 aromatic rings. The Kier molecular flexibility index (Phi) is 4.14. The summed E-state index contributed by atoms with van der Waals surface area (Å²) in [4.78, 5) is 6.73. The van der Waals surface area contributed by atoms with Crippen molar-refractivity contribution >= 4 is 5.82 Å². The van der Waals surface area contributed by atoms with Gasteiger partial charge < -0.3 is 14.4 Å². The van der Waals surface area contributed by atoms with Gasteiger partial charge in [0.15, 0.2) is 0 Å². The molecular weight excluding hydrogens is 252 g/mol. The van der Waals surface area contributed by atoms with Crippen LogP contribution in [0.2, 0.25) is 0 Å². The lowest BCUT2D eigenvalue weighted by Gasteiger charge is -2.23. The van der Waals surface area contributed by atoms with Gasteiger partial charge in [-0.25, -0.2) is 4.98 Å². The Hall–Kier alpha value is -1.81. The predicted octanol–water partition coefficient (Wildman–Crippen LogP) is 3.10. The van der Waals surface area contributed by atoms with E-state index in [1.165, 1.54) is 0 Å². The molecule has 0 atom stereocenters. The van der Waals surface area contributed by atoms with Gasteiger partial charge in [0.05, 0.1) is 19.4 Å². The maximum Gasteiger partial charge on any atom is 0.129 e. The highest BCUT2D eigenvalue weighted by Gasteiger charge is 2.18. The molecule has 2 heterocycles. The summed E-state index contributed by atoms with van der Waals surface area (Å²) in [7, 11) is 1.97. The third-order valence-electron chi connectivity index (χ3n) is 3.19. The molecule has 4 heteroatoms. The summed E-state index contributed by atoms with van der Waals surface area (Å²) in [5, 5.41) is 9.43. The molecule has 2 rings (SSSR count). The van der Waals surface area contributed by atoms with Crippen LogP contribution in [-0.4, -0.2) is 17.1 Å². The topological polar surface area (TPSA) is 49.5 Å². The molecule has 0 radical (unpaired) electrons. The van der Waals surface area contributed by atoms with Crippen LogP contribution < -0.4 is 4.90 Å². The van der Waals surface area contributed by atoms with Gasteiger partial charge in [0.2, 0.25) is 0 Å². The standard InChI is InChI=1S/C16H22N2O2/c1-16(2,3)14-8-12(11-19)9-15(17-14)18(4)10-13-6-5-7-20-13/h5-9,19H,10-11H2,1-4H3. The van der Waals surface area contributed by atoms with E-state index >= 15 is 0 Å². The number of pyridine rings is 1. The van der Waals surface area contributed by atoms with Crippen LogP contribution >= 0.6 is 0 Å². The number of anilines is 1. The minimum atomic E-state index is -0.0501. The lowest BCUT2D eigenvalue weighted by atomic mass is 9.91. The van der Waals surface area contributed by atoms with Crippen molar-refractivity contribution in [1.82, 2.24) is 4.98 Å². The number of aromatic nitrogens is 1. The molecule has 1 N–H and O–H groups in total. The van der Waals surface area contributed by atoms with Crippen molar-refractivity contribution in [3.63, 3.8) is 0 Å². The molecule has 20 heavy (non-hydrogen) atoms. The van der Waals surface area contributed by atoms with E-state index in [4.69, 9.17) is 9.40 Å². The van der Waals surface area contributed by atoms with Crippen LogP contribution in [0.1, 0.15) is 37.8 Å². The number of nitrogens with zero attached hydrogens (tertiary/aromatic N) is 2. The molecule has 0 bridgehead atoms. The summed E-state index contributed by atoms with van der Waals surface area (Å²) in [6.45, 7) is 7.03. The second-order valence-electron chi connectivity index (χ2n) is 6.06. The van der Waals surface area contributed by atoms with Gasteiger partial charge in [-0.3, -0.25) is 0 Å². The van der Waals surface area contributed by atoms with Crippen LogP contribution in [0, 0.1) is 0 Å². The van der Waals surface area contributed by atoms with E-state index in [0.717, 1.165) is 22.8 Å². The van der Waals surface area contributed by atoms with Crippen LogP contribution in [0.4, 0.5) is 5.82 Å². The van der Waals surface area contributed by atoms with Gasteiger partial charge in [0.1, 0.15) is 11.6 Å². The average Bonchev–Trinajstić information content (AvgIpc) is 2.90. The first-order valence-corrected chi connectivity index (χ1v) is 6.76. The number of furan rings is 1. The number of hydrogen-bond donors (Lipinski definition) is 1. The summed E-state index contributed by atoms with van der Waals surface area (Å²) in [5.74, 6) is 1.74. The molecule has 0 unspecified atom stereocenters. The molecule has 0 amide bonds. The molecule has 0 aliphatic heterocycles. The minimum absolute atomic E-state index is 0.0210. The summed E-state index contributed by atoms with van der Waals surface area (Å²) in [6, 6.07) is 7.70. The van der Waals surface area contributed by atoms with E-state index in [1.807, 2.05) is 36.2 Å². The second kappa shape index (κ2) is 5.67. The van der Waals surface area contributed by atoms with Crippen molar-refractivity contribution in [2.45, 2.75) is 39.3 Å². The van der Waals surface area contributed by atoms with Crippen molar-refractivity contribution < 1.29 is 9.52 Å². The Bertz CT molecular complexity index is 556. The summed E-state index contributed by atoms with van der Waals surface area (Å²) >= 11 is 0. The quantitative estimate of drug-likeness (QED) is 0.930. The van der Waals surface area contributed by atoms with E-state index in [0.29, 0.717) is 6.54 Å². The predicted molar refractivity (Wildman–Crippen MR) is 79.7 cm³/mol. The fourth-order valence-corrected chi connectivity index (χ4v) is 1.96. The fourth-order valence-electron chi connectivity index (χ4n) is 1.96. The largest absolute Gasteiger partial charge is 0.467 e. The van der Waals surface area contributed by atoms with Gasteiger partial charge in [-0.05, 0) is 29.8 Å². The van der Waals surface area contributed by atoms with Crippen LogP contribution in [-0.2, 0) is 18.6 Å². The highest BCUT2D eigenvalue weighted by molar-refractivity contribution is 5.43. The highest BCUT2D eigenvalue weighted by atomic mass is 16.3. The van der Waals surface area contributed by atoms with E-state index in [2.05, 4.69) is 20.8 Å². The van der Waals surface area contributed by atoms with E-state index < -0.39 is 0 Å². The Morgan fingerprint density at radius 3 is 2.60 bits per heavy atom. The molecule has 0 saturated carbocycles. The summed E-state index contributed by atoms with van der Waals surface area (Å²) < 4.78 is 5.36. The molecule has 0 fully saturated rings. The smallest absolute Gasteiger partial charge is 0.129 e. The highest BCUT2D eigenvalue weighted by Crippen LogP contribution is 2.25. The number of rotatable bonds is 4. The Morgan fingerprint density at radius 1 is 1.30 bits per heavy atom. The van der Waals surface area contributed by atoms with E-state index in [1.54, 1.807) is 6.26 Å². The van der Waals surface area contributed by atoms with Crippen LogP contribution in [0.5, 0.6) is 0 Å². The molecule has 0 saturated heterocycles. The summed E-state index contributed by atoms with van der Waals surface area (Å²) in [6.07, 6.45) is 1.67. The van der Waals surface area contributed by atoms with Gasteiger partial charge in [0, 0.05) is 18.2 Å². The molecule has 4 nitrogen and oxygen atoms in total. The first-order valence-electron chi connectivity index (χ1n) is 6.76. The Labute approximate surface area is 120 Å². The zero-order valence-electron chi connectivity index (χ0n) is 12.6. The minimum Gasteiger partial charge on any atom is -0.467 e. The molecule has 0 aliphatic carbocycles. The van der Waals surface area contributed by atoms with Crippen LogP contribution in [0.15, 0.2) is 34.9 Å². The van der Waals surface area contributed by atoms with E-state index in [9.17, 15) is 5.11 Å². The van der Waals surface area contributed by atoms with Crippen molar-refractivity contribution in [1.29, 1.82) is 0 Å². The van der Waals surface area contributed by atoms with Gasteiger partial charge in [-0.1, -0.05) is 20.8 Å². The summed E-state index contributed by atoms with van der Waals surface area (Å²) in [5.41, 5.74) is 1.81. The first kappa shape index (κ1) is 14.6. The number of aliphatic hydroxyl groups excluding tert-OH is 1. The van der Waals surface area contributed by atoms with Gasteiger partial charge in [-0.15, -0.1) is 0 Å². The normalized spacial score (nSPS) is 11.7. The molecule has 0 spiro atoms. The van der Waals surface area contributed by atoms with E-state index in [-0.39, 0.29) is 12.0 Å². The second-order valence-corrected chi connectivity index (χ2v) is 6.06. The SMILES string of the molecule is CN(Cc1ccco1)c1cc(CO)cc(C(C)(C)C)n1. The van der Waals surface area contributed by atoms with Crippen LogP contribution in [0.3, 0.4) is 0 Å². The molecular formula is C16H22N2O2. The first-order chi connectivity index (χ1) is 9.40. The van der Waals surface area contributed by atoms with Crippen LogP contribution in [0.25, 0.3) is 0 Å². The zero-order valence-corrected chi connectivity index (χ0v) is 12.6. The number of aliphatic hydroxyl groups is 1. The third-order valence-corrected chi connectivity index (χ3v) is 3.19. The van der Waals surface area contributed by atoms with Crippen molar-refractivity contribution in [2.75, 3.05) is 11.9 Å². The number of hydrogen-bond acceptors (Lipinski definition) is 4.